The largest absolute Gasteiger partial charge is 0.368 e. The maximum absolute atomic E-state index is 11.6. The first-order chi connectivity index (χ1) is 7.99. The first kappa shape index (κ1) is 14.5. The van der Waals surface area contributed by atoms with Crippen molar-refractivity contribution < 1.29 is 4.79 Å². The number of carbonyl (C=O) groups excluding carboxylic acids is 1. The van der Waals surface area contributed by atoms with Crippen LogP contribution in [-0.2, 0) is 4.79 Å². The Morgan fingerprint density at radius 2 is 2.18 bits per heavy atom. The van der Waals surface area contributed by atoms with Gasteiger partial charge >= 0.3 is 0 Å². The molecule has 1 saturated heterocycles. The van der Waals surface area contributed by atoms with Crippen molar-refractivity contribution in [2.24, 2.45) is 5.73 Å². The van der Waals surface area contributed by atoms with Gasteiger partial charge in [0.05, 0.1) is 0 Å². The molecular weight excluding hydrogens is 214 g/mol. The molecular formula is C13H27N3O. The van der Waals surface area contributed by atoms with Gasteiger partial charge in [0.1, 0.15) is 5.54 Å². The normalized spacial score (nSPS) is 26.2. The fraction of sp³-hybridized carbons (Fsp3) is 0.923. The highest BCUT2D eigenvalue weighted by molar-refractivity contribution is 5.84. The average molecular weight is 241 g/mol. The van der Waals surface area contributed by atoms with E-state index in [9.17, 15) is 4.79 Å². The zero-order chi connectivity index (χ0) is 12.9. The van der Waals surface area contributed by atoms with E-state index in [4.69, 9.17) is 5.73 Å². The quantitative estimate of drug-likeness (QED) is 0.758. The lowest BCUT2D eigenvalue weighted by molar-refractivity contribution is -0.124. The van der Waals surface area contributed by atoms with Gasteiger partial charge in [-0.2, -0.15) is 0 Å². The molecule has 1 fully saturated rings. The summed E-state index contributed by atoms with van der Waals surface area (Å²) in [4.78, 5) is 14.0. The Labute approximate surface area is 105 Å². The van der Waals surface area contributed by atoms with E-state index < -0.39 is 5.54 Å². The van der Waals surface area contributed by atoms with Crippen LogP contribution in [-0.4, -0.2) is 42.0 Å². The van der Waals surface area contributed by atoms with Crippen LogP contribution in [0.3, 0.4) is 0 Å². The fourth-order valence-corrected chi connectivity index (χ4v) is 2.59. The Balaban J connectivity index is 2.67. The van der Waals surface area contributed by atoms with E-state index in [1.807, 2.05) is 13.8 Å². The number of amides is 1. The van der Waals surface area contributed by atoms with Crippen LogP contribution in [0.4, 0.5) is 0 Å². The van der Waals surface area contributed by atoms with Crippen molar-refractivity contribution in [3.8, 4) is 0 Å². The SMILES string of the molecule is CCNC(C)(CN1CCCCCC1C)C(N)=O. The third kappa shape index (κ3) is 3.96. The summed E-state index contributed by atoms with van der Waals surface area (Å²) >= 11 is 0. The van der Waals surface area contributed by atoms with Crippen LogP contribution in [0.15, 0.2) is 0 Å². The Hall–Kier alpha value is -0.610. The topological polar surface area (TPSA) is 58.4 Å². The number of likely N-dealkylation sites (N-methyl/N-ethyl adjacent to an activating group) is 1. The summed E-state index contributed by atoms with van der Waals surface area (Å²) in [5.41, 5.74) is 4.93. The van der Waals surface area contributed by atoms with Gasteiger partial charge in [0, 0.05) is 12.6 Å². The second kappa shape index (κ2) is 6.36. The molecule has 4 heteroatoms. The van der Waals surface area contributed by atoms with E-state index in [0.717, 1.165) is 19.6 Å². The standard InChI is InChI=1S/C13H27N3O/c1-4-15-13(3,12(14)17)10-16-9-7-5-6-8-11(16)2/h11,15H,4-10H2,1-3H3,(H2,14,17). The number of rotatable bonds is 5. The van der Waals surface area contributed by atoms with Crippen LogP contribution >= 0.6 is 0 Å². The van der Waals surface area contributed by atoms with Gasteiger partial charge in [0.2, 0.25) is 5.91 Å². The molecule has 0 saturated carbocycles. The highest BCUT2D eigenvalue weighted by Crippen LogP contribution is 2.19. The second-order valence-electron chi connectivity index (χ2n) is 5.40. The van der Waals surface area contributed by atoms with E-state index in [1.54, 1.807) is 0 Å². The molecule has 100 valence electrons. The van der Waals surface area contributed by atoms with Crippen molar-refractivity contribution in [2.75, 3.05) is 19.6 Å². The summed E-state index contributed by atoms with van der Waals surface area (Å²) in [5, 5.41) is 3.23. The molecule has 0 aromatic carbocycles. The van der Waals surface area contributed by atoms with Crippen LogP contribution in [0.5, 0.6) is 0 Å². The molecule has 2 atom stereocenters. The number of carbonyl (C=O) groups is 1. The summed E-state index contributed by atoms with van der Waals surface area (Å²) < 4.78 is 0. The lowest BCUT2D eigenvalue weighted by Crippen LogP contribution is -2.60. The summed E-state index contributed by atoms with van der Waals surface area (Å²) in [7, 11) is 0. The van der Waals surface area contributed by atoms with Crippen molar-refractivity contribution in [2.45, 2.75) is 58.0 Å². The average Bonchev–Trinajstić information content (AvgIpc) is 2.44. The van der Waals surface area contributed by atoms with Crippen molar-refractivity contribution in [3.63, 3.8) is 0 Å². The van der Waals surface area contributed by atoms with E-state index in [0.29, 0.717) is 6.04 Å². The molecule has 3 N–H and O–H groups in total. The molecule has 1 rings (SSSR count). The zero-order valence-electron chi connectivity index (χ0n) is 11.5. The summed E-state index contributed by atoms with van der Waals surface area (Å²) in [5.74, 6) is -0.254. The monoisotopic (exact) mass is 241 g/mol. The number of nitrogens with one attached hydrogen (secondary N) is 1. The third-order valence-corrected chi connectivity index (χ3v) is 3.82. The van der Waals surface area contributed by atoms with Gasteiger partial charge in [-0.15, -0.1) is 0 Å². The van der Waals surface area contributed by atoms with Gasteiger partial charge in [0.15, 0.2) is 0 Å². The molecule has 4 nitrogen and oxygen atoms in total. The molecule has 0 bridgehead atoms. The minimum Gasteiger partial charge on any atom is -0.368 e. The van der Waals surface area contributed by atoms with E-state index >= 15 is 0 Å². The molecule has 1 aliphatic rings. The molecule has 0 radical (unpaired) electrons. The van der Waals surface area contributed by atoms with Crippen LogP contribution in [0.2, 0.25) is 0 Å². The molecule has 1 aliphatic heterocycles. The van der Waals surface area contributed by atoms with Crippen LogP contribution < -0.4 is 11.1 Å². The van der Waals surface area contributed by atoms with Crippen LogP contribution in [0.1, 0.15) is 46.5 Å². The Bertz CT molecular complexity index is 257. The Morgan fingerprint density at radius 3 is 2.76 bits per heavy atom. The second-order valence-corrected chi connectivity index (χ2v) is 5.40. The molecule has 1 amide bonds. The predicted octanol–water partition coefficient (Wildman–Crippen LogP) is 1.10. The van der Waals surface area contributed by atoms with Crippen molar-refractivity contribution in [1.29, 1.82) is 0 Å². The Kier molecular flexibility index (Phi) is 5.40. The van der Waals surface area contributed by atoms with Crippen molar-refractivity contribution >= 4 is 5.91 Å². The molecule has 0 spiro atoms. The highest BCUT2D eigenvalue weighted by atomic mass is 16.1. The number of nitrogens with zero attached hydrogens (tertiary/aromatic N) is 1. The minimum atomic E-state index is -0.604. The molecule has 1 heterocycles. The number of hydrogen-bond acceptors (Lipinski definition) is 3. The first-order valence-electron chi connectivity index (χ1n) is 6.78. The van der Waals surface area contributed by atoms with Gasteiger partial charge in [-0.3, -0.25) is 9.69 Å². The van der Waals surface area contributed by atoms with Crippen LogP contribution in [0, 0.1) is 0 Å². The minimum absolute atomic E-state index is 0.254. The number of likely N-dealkylation sites (tertiary alicyclic amines) is 1. The van der Waals surface area contributed by atoms with Crippen molar-refractivity contribution in [1.82, 2.24) is 10.2 Å². The molecule has 0 aromatic heterocycles. The number of primary amides is 1. The maximum atomic E-state index is 11.6. The van der Waals surface area contributed by atoms with Gasteiger partial charge in [0.25, 0.3) is 0 Å². The van der Waals surface area contributed by atoms with Gasteiger partial charge in [-0.25, -0.2) is 0 Å². The fourth-order valence-electron chi connectivity index (χ4n) is 2.59. The number of nitrogens with two attached hydrogens (primary N) is 1. The number of hydrogen-bond donors (Lipinski definition) is 2. The zero-order valence-corrected chi connectivity index (χ0v) is 11.5. The summed E-state index contributed by atoms with van der Waals surface area (Å²) in [6, 6.07) is 0.551. The molecule has 0 aliphatic carbocycles. The molecule has 17 heavy (non-hydrogen) atoms. The predicted molar refractivity (Wildman–Crippen MR) is 70.8 cm³/mol. The Morgan fingerprint density at radius 1 is 1.47 bits per heavy atom. The van der Waals surface area contributed by atoms with E-state index in [2.05, 4.69) is 17.1 Å². The van der Waals surface area contributed by atoms with Gasteiger partial charge in [-0.1, -0.05) is 19.8 Å². The van der Waals surface area contributed by atoms with Gasteiger partial charge in [-0.05, 0) is 39.8 Å². The van der Waals surface area contributed by atoms with Crippen molar-refractivity contribution in [3.05, 3.63) is 0 Å². The summed E-state index contributed by atoms with van der Waals surface area (Å²) in [6.45, 7) is 8.73. The third-order valence-electron chi connectivity index (χ3n) is 3.82. The molecule has 2 unspecified atom stereocenters. The maximum Gasteiger partial charge on any atom is 0.238 e. The lowest BCUT2D eigenvalue weighted by Gasteiger charge is -2.36. The van der Waals surface area contributed by atoms with E-state index in [1.165, 1.54) is 25.7 Å². The smallest absolute Gasteiger partial charge is 0.238 e. The van der Waals surface area contributed by atoms with E-state index in [-0.39, 0.29) is 5.91 Å². The molecule has 0 aromatic rings. The summed E-state index contributed by atoms with van der Waals surface area (Å²) in [6.07, 6.45) is 5.05. The van der Waals surface area contributed by atoms with Gasteiger partial charge < -0.3 is 11.1 Å². The first-order valence-corrected chi connectivity index (χ1v) is 6.78. The highest BCUT2D eigenvalue weighted by Gasteiger charge is 2.33. The lowest BCUT2D eigenvalue weighted by atomic mass is 9.99. The van der Waals surface area contributed by atoms with Crippen LogP contribution in [0.25, 0.3) is 0 Å².